The normalized spacial score (nSPS) is 21.5. The van der Waals surface area contributed by atoms with Gasteiger partial charge in [0.2, 0.25) is 0 Å². The number of rotatable bonds is 1. The minimum atomic E-state index is 0.466. The summed E-state index contributed by atoms with van der Waals surface area (Å²) in [5, 5.41) is 5.61. The Hall–Kier alpha value is -0.380. The van der Waals surface area contributed by atoms with Crippen LogP contribution >= 0.6 is 35.0 Å². The molecule has 0 amide bonds. The van der Waals surface area contributed by atoms with Gasteiger partial charge in [-0.05, 0) is 36.5 Å². The molecule has 0 bridgehead atoms. The average molecular weight is 315 g/mol. The molecule has 1 aliphatic heterocycles. The van der Waals surface area contributed by atoms with Crippen LogP contribution in [-0.2, 0) is 0 Å². The van der Waals surface area contributed by atoms with Gasteiger partial charge in [-0.1, -0.05) is 47.8 Å². The van der Waals surface area contributed by atoms with Gasteiger partial charge in [-0.15, -0.1) is 0 Å². The Morgan fingerprint density at radius 3 is 2.68 bits per heavy atom. The van der Waals surface area contributed by atoms with E-state index in [0.29, 0.717) is 15.5 Å². The Morgan fingerprint density at radius 1 is 1.21 bits per heavy atom. The van der Waals surface area contributed by atoms with Crippen LogP contribution in [-0.4, -0.2) is 17.5 Å². The lowest BCUT2D eigenvalue weighted by atomic mass is 9.89. The van der Waals surface area contributed by atoms with Crippen LogP contribution in [0.25, 0.3) is 0 Å². The van der Waals surface area contributed by atoms with Gasteiger partial charge >= 0.3 is 0 Å². The van der Waals surface area contributed by atoms with Crippen LogP contribution in [0.5, 0.6) is 0 Å². The molecular formula is C14H16Cl2N2S. The number of thioether (sulfide) groups is 1. The second-order valence-electron chi connectivity index (χ2n) is 5.37. The van der Waals surface area contributed by atoms with Gasteiger partial charge in [-0.3, -0.25) is 4.99 Å². The second-order valence-corrected chi connectivity index (χ2v) is 7.17. The van der Waals surface area contributed by atoms with Gasteiger partial charge in [0, 0.05) is 17.3 Å². The Morgan fingerprint density at radius 2 is 2.00 bits per heavy atom. The minimum absolute atomic E-state index is 0.466. The fourth-order valence-corrected chi connectivity index (χ4v) is 4.26. The summed E-state index contributed by atoms with van der Waals surface area (Å²) in [4.78, 5) is 4.70. The molecule has 0 unspecified atom stereocenters. The maximum atomic E-state index is 6.15. The molecule has 1 spiro atoms. The number of hydrogen-bond donors (Lipinski definition) is 1. The molecule has 102 valence electrons. The van der Waals surface area contributed by atoms with E-state index >= 15 is 0 Å². The summed E-state index contributed by atoms with van der Waals surface area (Å²) < 4.78 is 0. The lowest BCUT2D eigenvalue weighted by Gasteiger charge is -2.31. The number of anilines is 1. The largest absolute Gasteiger partial charge is 0.334 e. The number of aliphatic imine (C=N–C) groups is 1. The van der Waals surface area contributed by atoms with Crippen molar-refractivity contribution in [3.05, 3.63) is 28.2 Å². The van der Waals surface area contributed by atoms with Crippen molar-refractivity contribution in [3.63, 3.8) is 0 Å². The van der Waals surface area contributed by atoms with E-state index < -0.39 is 0 Å². The fraction of sp³-hybridized carbons (Fsp3) is 0.500. The first kappa shape index (κ1) is 13.6. The minimum Gasteiger partial charge on any atom is -0.334 e. The van der Waals surface area contributed by atoms with Crippen LogP contribution in [0.1, 0.15) is 25.7 Å². The van der Waals surface area contributed by atoms with E-state index in [4.69, 9.17) is 28.2 Å². The zero-order valence-electron chi connectivity index (χ0n) is 10.6. The standard InChI is InChI=1S/C14H16Cl2N2S/c15-10-3-4-11(16)12(7-10)18-13-17-8-14(9-19-13)5-1-2-6-14/h3-4,7H,1-2,5-6,8-9H2,(H,17,18). The molecule has 0 radical (unpaired) electrons. The highest BCUT2D eigenvalue weighted by Gasteiger charge is 2.36. The van der Waals surface area contributed by atoms with E-state index in [1.807, 2.05) is 6.07 Å². The lowest BCUT2D eigenvalue weighted by molar-refractivity contribution is 0.359. The summed E-state index contributed by atoms with van der Waals surface area (Å²) in [7, 11) is 0. The zero-order valence-corrected chi connectivity index (χ0v) is 12.9. The Labute approximate surface area is 128 Å². The monoisotopic (exact) mass is 314 g/mol. The molecule has 0 saturated heterocycles. The van der Waals surface area contributed by atoms with Crippen LogP contribution < -0.4 is 5.32 Å². The molecule has 5 heteroatoms. The van der Waals surface area contributed by atoms with Crippen molar-refractivity contribution in [2.45, 2.75) is 25.7 Å². The molecule has 2 nitrogen and oxygen atoms in total. The first-order valence-electron chi connectivity index (χ1n) is 6.56. The van der Waals surface area contributed by atoms with Gasteiger partial charge in [0.15, 0.2) is 5.17 Å². The lowest BCUT2D eigenvalue weighted by Crippen LogP contribution is -2.30. The first-order chi connectivity index (χ1) is 9.17. The van der Waals surface area contributed by atoms with Crippen molar-refractivity contribution in [1.29, 1.82) is 0 Å². The molecule has 3 rings (SSSR count). The molecule has 1 fully saturated rings. The molecule has 1 N–H and O–H groups in total. The van der Waals surface area contributed by atoms with Crippen LogP contribution in [0.2, 0.25) is 10.0 Å². The first-order valence-corrected chi connectivity index (χ1v) is 8.30. The van der Waals surface area contributed by atoms with E-state index in [2.05, 4.69) is 5.32 Å². The van der Waals surface area contributed by atoms with Crippen molar-refractivity contribution in [2.24, 2.45) is 10.4 Å². The fourth-order valence-electron chi connectivity index (χ4n) is 2.76. The van der Waals surface area contributed by atoms with Gasteiger partial charge in [-0.2, -0.15) is 0 Å². The molecule has 2 aliphatic rings. The van der Waals surface area contributed by atoms with Crippen molar-refractivity contribution in [1.82, 2.24) is 0 Å². The number of benzene rings is 1. The summed E-state index contributed by atoms with van der Waals surface area (Å²) in [6.45, 7) is 0.945. The highest BCUT2D eigenvalue weighted by Crippen LogP contribution is 2.43. The summed E-state index contributed by atoms with van der Waals surface area (Å²) >= 11 is 13.9. The van der Waals surface area contributed by atoms with Gasteiger partial charge in [0.25, 0.3) is 0 Å². The van der Waals surface area contributed by atoms with Gasteiger partial charge < -0.3 is 5.32 Å². The predicted octanol–water partition coefficient (Wildman–Crippen LogP) is 5.07. The maximum absolute atomic E-state index is 6.15. The van der Waals surface area contributed by atoms with Gasteiger partial charge in [0.05, 0.1) is 10.7 Å². The van der Waals surface area contributed by atoms with Crippen molar-refractivity contribution in [3.8, 4) is 0 Å². The molecule has 19 heavy (non-hydrogen) atoms. The average Bonchev–Trinajstić information content (AvgIpc) is 2.85. The Bertz CT molecular complexity index is 510. The Kier molecular flexibility index (Phi) is 3.97. The van der Waals surface area contributed by atoms with Crippen LogP contribution in [0.4, 0.5) is 5.69 Å². The molecule has 1 heterocycles. The number of nitrogens with one attached hydrogen (secondary N) is 1. The van der Waals surface area contributed by atoms with E-state index in [1.54, 1.807) is 23.9 Å². The highest BCUT2D eigenvalue weighted by atomic mass is 35.5. The van der Waals surface area contributed by atoms with Gasteiger partial charge in [-0.25, -0.2) is 0 Å². The molecule has 1 aliphatic carbocycles. The molecular weight excluding hydrogens is 299 g/mol. The van der Waals surface area contributed by atoms with E-state index in [1.165, 1.54) is 25.7 Å². The van der Waals surface area contributed by atoms with Crippen LogP contribution in [0.15, 0.2) is 23.2 Å². The van der Waals surface area contributed by atoms with E-state index in [9.17, 15) is 0 Å². The third-order valence-corrected chi connectivity index (χ3v) is 5.73. The van der Waals surface area contributed by atoms with Crippen molar-refractivity contribution >= 4 is 45.8 Å². The molecule has 1 saturated carbocycles. The smallest absolute Gasteiger partial charge is 0.161 e. The number of amidine groups is 1. The predicted molar refractivity (Wildman–Crippen MR) is 85.7 cm³/mol. The summed E-state index contributed by atoms with van der Waals surface area (Å²) in [5.74, 6) is 1.16. The summed E-state index contributed by atoms with van der Waals surface area (Å²) in [6, 6.07) is 5.43. The topological polar surface area (TPSA) is 24.4 Å². The van der Waals surface area contributed by atoms with Gasteiger partial charge in [0.1, 0.15) is 0 Å². The molecule has 0 aromatic heterocycles. The molecule has 1 aromatic rings. The quantitative estimate of drug-likeness (QED) is 0.782. The molecule has 0 atom stereocenters. The number of nitrogens with zero attached hydrogens (tertiary/aromatic N) is 1. The second kappa shape index (κ2) is 5.55. The zero-order chi connectivity index (χ0) is 13.3. The van der Waals surface area contributed by atoms with Crippen molar-refractivity contribution in [2.75, 3.05) is 17.6 Å². The number of halogens is 2. The third-order valence-electron chi connectivity index (χ3n) is 3.91. The van der Waals surface area contributed by atoms with Crippen molar-refractivity contribution < 1.29 is 0 Å². The highest BCUT2D eigenvalue weighted by molar-refractivity contribution is 8.14. The van der Waals surface area contributed by atoms with Crippen LogP contribution in [0.3, 0.4) is 0 Å². The number of hydrogen-bond acceptors (Lipinski definition) is 3. The van der Waals surface area contributed by atoms with Crippen LogP contribution in [0, 0.1) is 5.41 Å². The maximum Gasteiger partial charge on any atom is 0.161 e. The van der Waals surface area contributed by atoms with E-state index in [-0.39, 0.29) is 0 Å². The SMILES string of the molecule is Clc1ccc(Cl)c(NC2=NCC3(CCCC3)CS2)c1. The van der Waals surface area contributed by atoms with E-state index in [0.717, 1.165) is 23.2 Å². The summed E-state index contributed by atoms with van der Waals surface area (Å²) in [6.07, 6.45) is 5.38. The third kappa shape index (κ3) is 3.04. The Balaban J connectivity index is 1.71. The summed E-state index contributed by atoms with van der Waals surface area (Å²) in [5.41, 5.74) is 1.30. The molecule has 1 aromatic carbocycles.